The van der Waals surface area contributed by atoms with Crippen LogP contribution in [0.15, 0.2) is 0 Å². The Balaban J connectivity index is -0.0000000192. The van der Waals surface area contributed by atoms with Crippen molar-refractivity contribution in [3.63, 3.8) is 0 Å². The van der Waals surface area contributed by atoms with Crippen LogP contribution in [0.5, 0.6) is 0 Å². The van der Waals surface area contributed by atoms with E-state index in [0.717, 1.165) is 0 Å². The first-order chi connectivity index (χ1) is 6.93. The van der Waals surface area contributed by atoms with Crippen molar-refractivity contribution in [3.8, 4) is 0 Å². The van der Waals surface area contributed by atoms with Gasteiger partial charge in [-0.1, -0.05) is 0 Å². The molecule has 0 amide bonds. The summed E-state index contributed by atoms with van der Waals surface area (Å²) in [6, 6.07) is 0. The van der Waals surface area contributed by atoms with Gasteiger partial charge < -0.3 is 0 Å². The van der Waals surface area contributed by atoms with Gasteiger partial charge in [0.05, 0.1) is 0 Å². The summed E-state index contributed by atoms with van der Waals surface area (Å²) in [4.78, 5) is 0. The van der Waals surface area contributed by atoms with Crippen LogP contribution in [-0.2, 0) is 0 Å². The van der Waals surface area contributed by atoms with Gasteiger partial charge in [-0.3, -0.25) is 0 Å². The molecule has 12 nitrogen and oxygen atoms in total. The monoisotopic (exact) mass is 1120 g/mol. The van der Waals surface area contributed by atoms with Gasteiger partial charge in [0.1, 0.15) is 0 Å². The van der Waals surface area contributed by atoms with E-state index in [-0.39, 0.29) is 81.9 Å². The Kier molecular flexibility index (Phi) is 87.9. The molecular formula is As4O12Pb3-12. The molecule has 116 valence electrons. The zero-order valence-corrected chi connectivity index (χ0v) is 27.4. The van der Waals surface area contributed by atoms with Gasteiger partial charge in [0, 0.05) is 81.9 Å². The smallest absolute Gasteiger partial charge is 0 e. The standard InChI is InChI=1S/4AsO3.3Pb/c4*2-1(3)4;;;/q4*-3;;;. The van der Waals surface area contributed by atoms with Crippen molar-refractivity contribution in [1.82, 2.24) is 0 Å². The van der Waals surface area contributed by atoms with Gasteiger partial charge in [-0.15, -0.1) is 0 Å². The second-order valence-electron chi connectivity index (χ2n) is 0.894. The van der Waals surface area contributed by atoms with Crippen LogP contribution >= 0.6 is 0 Å². The minimum Gasteiger partial charge on any atom is 0 e. The molecule has 0 N–H and O–H groups in total. The third-order valence-corrected chi connectivity index (χ3v) is 0. The molecule has 0 bridgehead atoms. The van der Waals surface area contributed by atoms with E-state index >= 15 is 0 Å². The minimum absolute atomic E-state index is 0. The van der Waals surface area contributed by atoms with Crippen molar-refractivity contribution >= 4 is 145 Å². The molecule has 0 atom stereocenters. The first-order valence-electron chi connectivity index (χ1n) is 2.19. The molecule has 0 heterocycles. The summed E-state index contributed by atoms with van der Waals surface area (Å²) in [5, 5.41) is 0. The molecule has 19 heteroatoms. The second kappa shape index (κ2) is 38.2. The molecule has 0 saturated carbocycles. The van der Waals surface area contributed by atoms with Gasteiger partial charge in [-0.05, 0) is 0 Å². The third kappa shape index (κ3) is 464. The van der Waals surface area contributed by atoms with Crippen molar-refractivity contribution in [2.75, 3.05) is 0 Å². The molecule has 0 rings (SSSR count). The van der Waals surface area contributed by atoms with Crippen molar-refractivity contribution in [3.05, 3.63) is 0 Å². The Bertz CT molecular complexity index is 68.0. The third-order valence-electron chi connectivity index (χ3n) is 0. The molecule has 0 saturated heterocycles. The van der Waals surface area contributed by atoms with E-state index in [1.807, 2.05) is 0 Å². The molecule has 19 heavy (non-hydrogen) atoms. The molecule has 0 aromatic heterocycles. The summed E-state index contributed by atoms with van der Waals surface area (Å²) in [6.45, 7) is 0. The van der Waals surface area contributed by atoms with E-state index in [1.165, 1.54) is 0 Å². The van der Waals surface area contributed by atoms with E-state index in [1.54, 1.807) is 0 Å². The quantitative estimate of drug-likeness (QED) is 0.205. The molecule has 0 fully saturated rings. The Hall–Kier alpha value is 4.52. The predicted octanol–water partition coefficient (Wildman–Crippen LogP) is -16.9. The van der Waals surface area contributed by atoms with Crippen molar-refractivity contribution < 1.29 is 49.1 Å². The predicted molar refractivity (Wildman–Crippen MR) is 40.3 cm³/mol. The van der Waals surface area contributed by atoms with Gasteiger partial charge in [-0.25, -0.2) is 0 Å². The normalized spacial score (nSPS) is 7.58. The fourth-order valence-electron chi connectivity index (χ4n) is 0. The summed E-state index contributed by atoms with van der Waals surface area (Å²) in [7, 11) is 0. The zero-order chi connectivity index (χ0) is 14.3. The maximum atomic E-state index is 8.56. The summed E-state index contributed by atoms with van der Waals surface area (Å²) < 4.78 is 103. The van der Waals surface area contributed by atoms with Crippen molar-refractivity contribution in [2.24, 2.45) is 0 Å². The minimum atomic E-state index is -3.94. The van der Waals surface area contributed by atoms with E-state index < -0.39 is 62.7 Å². The average molecular weight is 1110 g/mol. The van der Waals surface area contributed by atoms with Crippen LogP contribution in [0, 0.1) is 0 Å². The Morgan fingerprint density at radius 2 is 0.263 bits per heavy atom. The van der Waals surface area contributed by atoms with Crippen LogP contribution in [-0.4, -0.2) is 145 Å². The van der Waals surface area contributed by atoms with Crippen LogP contribution in [0.4, 0.5) is 0 Å². The molecule has 0 aliphatic heterocycles. The molecule has 0 aliphatic carbocycles. The maximum absolute atomic E-state index is 8.56. The first-order valence-corrected chi connectivity index (χ1v) is 11.4. The molecular weight excluding hydrogens is 1110 g/mol. The fraction of sp³-hybridized carbons (Fsp3) is 0. The Morgan fingerprint density at radius 3 is 0.263 bits per heavy atom. The molecule has 0 aromatic rings. The summed E-state index contributed by atoms with van der Waals surface area (Å²) in [5.74, 6) is 0. The molecule has 0 aliphatic rings. The van der Waals surface area contributed by atoms with Crippen LogP contribution in [0.2, 0.25) is 0 Å². The van der Waals surface area contributed by atoms with Crippen LogP contribution in [0.1, 0.15) is 0 Å². The number of hydrogen-bond donors (Lipinski definition) is 0. The van der Waals surface area contributed by atoms with Crippen LogP contribution in [0.3, 0.4) is 0 Å². The summed E-state index contributed by atoms with van der Waals surface area (Å²) >= 11 is -15.8. The van der Waals surface area contributed by atoms with Crippen LogP contribution in [0.25, 0.3) is 0 Å². The van der Waals surface area contributed by atoms with Crippen molar-refractivity contribution in [2.45, 2.75) is 0 Å². The second-order valence-corrected chi connectivity index (χ2v) is 4.65. The van der Waals surface area contributed by atoms with E-state index in [2.05, 4.69) is 0 Å². The molecule has 0 aromatic carbocycles. The molecule has 12 radical (unpaired) electrons. The SMILES string of the molecule is [O-][As]([O-])[O-].[O-][As]([O-])[O-].[O-][As]([O-])[O-].[O-][As]([O-])[O-].[Pb].[Pb].[Pb]. The number of rotatable bonds is 0. The van der Waals surface area contributed by atoms with Gasteiger partial charge in [0.25, 0.3) is 0 Å². The molecule has 0 spiro atoms. The van der Waals surface area contributed by atoms with Crippen molar-refractivity contribution in [1.29, 1.82) is 0 Å². The zero-order valence-electron chi connectivity index (χ0n) is 8.19. The van der Waals surface area contributed by atoms with Gasteiger partial charge in [-0.2, -0.15) is 0 Å². The largest absolute Gasteiger partial charge is 0 e. The number of hydrogen-bond acceptors (Lipinski definition) is 12. The maximum Gasteiger partial charge on any atom is 0 e. The van der Waals surface area contributed by atoms with E-state index in [9.17, 15) is 0 Å². The van der Waals surface area contributed by atoms with Gasteiger partial charge in [0.2, 0.25) is 0 Å². The van der Waals surface area contributed by atoms with E-state index in [0.29, 0.717) is 0 Å². The average Bonchev–Trinajstić information content (AvgIpc) is 1.76. The Labute approximate surface area is 190 Å². The topological polar surface area (TPSA) is 277 Å². The Morgan fingerprint density at radius 1 is 0.263 bits per heavy atom. The fourth-order valence-corrected chi connectivity index (χ4v) is 0. The molecule has 0 unspecified atom stereocenters. The first kappa shape index (κ1) is 43.7. The van der Waals surface area contributed by atoms with Gasteiger partial charge >= 0.3 is 112 Å². The van der Waals surface area contributed by atoms with E-state index in [4.69, 9.17) is 49.1 Å². The van der Waals surface area contributed by atoms with Gasteiger partial charge in [0.15, 0.2) is 0 Å². The summed E-state index contributed by atoms with van der Waals surface area (Å²) in [5.41, 5.74) is 0. The summed E-state index contributed by atoms with van der Waals surface area (Å²) in [6.07, 6.45) is 0. The van der Waals surface area contributed by atoms with Crippen LogP contribution < -0.4 is 49.1 Å².